The number of rotatable bonds is 10. The number of hydrogen-bond donors (Lipinski definition) is 3. The Morgan fingerprint density at radius 3 is 2.20 bits per heavy atom. The highest BCUT2D eigenvalue weighted by Crippen LogP contribution is 2.27. The van der Waals surface area contributed by atoms with E-state index < -0.39 is 23.8 Å². The number of piperazine rings is 1. The molecule has 3 N–H and O–H groups in total. The van der Waals surface area contributed by atoms with Crippen molar-refractivity contribution in [2.45, 2.75) is 96.9 Å². The fourth-order valence-electron chi connectivity index (χ4n) is 6.11. The lowest BCUT2D eigenvalue weighted by molar-refractivity contribution is -0.135. The topological polar surface area (TPSA) is 138 Å². The molecule has 1 aromatic heterocycles. The highest BCUT2D eigenvalue weighted by atomic mass is 16.6. The second kappa shape index (κ2) is 16.1. The molecular formula is C34H51N7O5. The van der Waals surface area contributed by atoms with Crippen LogP contribution in [0.5, 0.6) is 0 Å². The van der Waals surface area contributed by atoms with Crippen LogP contribution in [0.2, 0.25) is 0 Å². The van der Waals surface area contributed by atoms with Gasteiger partial charge in [-0.2, -0.15) is 5.10 Å². The summed E-state index contributed by atoms with van der Waals surface area (Å²) in [5, 5.41) is 13.0. The van der Waals surface area contributed by atoms with E-state index in [9.17, 15) is 19.2 Å². The lowest BCUT2D eigenvalue weighted by Gasteiger charge is -2.35. The van der Waals surface area contributed by atoms with Crippen molar-refractivity contribution in [2.24, 2.45) is 5.92 Å². The van der Waals surface area contributed by atoms with Crippen molar-refractivity contribution in [3.8, 4) is 0 Å². The summed E-state index contributed by atoms with van der Waals surface area (Å²) in [5.74, 6) is -0.690. The second-order valence-corrected chi connectivity index (χ2v) is 13.5. The predicted molar refractivity (Wildman–Crippen MR) is 176 cm³/mol. The van der Waals surface area contributed by atoms with Gasteiger partial charge in [-0.15, -0.1) is 0 Å². The minimum atomic E-state index is -0.801. The molecule has 2 fully saturated rings. The monoisotopic (exact) mass is 637 g/mol. The molecule has 2 atom stereocenters. The van der Waals surface area contributed by atoms with Gasteiger partial charge in [0.25, 0.3) is 5.91 Å². The number of aryl methyl sites for hydroxylation is 1. The Labute approximate surface area is 272 Å². The maximum Gasteiger partial charge on any atom is 0.408 e. The quantitative estimate of drug-likeness (QED) is 0.337. The molecule has 252 valence electrons. The van der Waals surface area contributed by atoms with E-state index in [-0.39, 0.29) is 30.1 Å². The summed E-state index contributed by atoms with van der Waals surface area (Å²) >= 11 is 0. The molecule has 1 aromatic carbocycles. The number of ether oxygens (including phenoxy) is 1. The Morgan fingerprint density at radius 1 is 0.935 bits per heavy atom. The van der Waals surface area contributed by atoms with Crippen LogP contribution in [0.4, 0.5) is 10.5 Å². The molecule has 0 radical (unpaired) electrons. The van der Waals surface area contributed by atoms with Crippen LogP contribution in [0.15, 0.2) is 36.5 Å². The number of hydrogen-bond acceptors (Lipinski definition) is 7. The fraction of sp³-hybridized carbons (Fsp3) is 0.618. The van der Waals surface area contributed by atoms with Gasteiger partial charge in [-0.3, -0.25) is 19.1 Å². The van der Waals surface area contributed by atoms with E-state index in [1.807, 2.05) is 26.1 Å². The third kappa shape index (κ3) is 10.0. The molecule has 2 aromatic rings. The van der Waals surface area contributed by atoms with Crippen molar-refractivity contribution in [2.75, 3.05) is 38.5 Å². The first-order chi connectivity index (χ1) is 21.9. The molecule has 46 heavy (non-hydrogen) atoms. The number of amides is 4. The normalized spacial score (nSPS) is 17.8. The van der Waals surface area contributed by atoms with Gasteiger partial charge in [0, 0.05) is 51.0 Å². The van der Waals surface area contributed by atoms with Crippen LogP contribution in [0.1, 0.15) is 82.3 Å². The highest BCUT2D eigenvalue weighted by molar-refractivity contribution is 6.00. The van der Waals surface area contributed by atoms with Crippen molar-refractivity contribution in [3.05, 3.63) is 47.8 Å². The Balaban J connectivity index is 1.46. The van der Waals surface area contributed by atoms with Gasteiger partial charge in [0.05, 0.1) is 0 Å². The Kier molecular flexibility index (Phi) is 12.2. The maximum atomic E-state index is 13.7. The molecule has 4 amide bonds. The van der Waals surface area contributed by atoms with Crippen molar-refractivity contribution in [3.63, 3.8) is 0 Å². The standard InChI is InChI=1S/C34H51N7O5/c1-6-41-28(17-18-35-41)30(42)38-29(25-11-9-7-8-10-12-25)31(43)36-26-15-13-24(14-16-26)23-27(37-33(45)46-34(2,3)4)32(44)40-21-19-39(5)20-22-40/h13-18,25,27,29H,6-12,19-23H2,1-5H3,(H,36,43)(H,37,45)(H,38,42)/t27-,29+/m1/s1. The van der Waals surface area contributed by atoms with E-state index in [1.165, 1.54) is 0 Å². The average molecular weight is 638 g/mol. The van der Waals surface area contributed by atoms with Gasteiger partial charge >= 0.3 is 6.09 Å². The SMILES string of the molecule is CCn1nccc1C(=O)N[C@H](C(=O)Nc1ccc(C[C@@H](NC(=O)OC(C)(C)C)C(=O)N2CCN(C)CC2)cc1)C1CCCCCC1. The zero-order valence-corrected chi connectivity index (χ0v) is 28.0. The van der Waals surface area contributed by atoms with Gasteiger partial charge in [0.1, 0.15) is 23.4 Å². The Hall–Kier alpha value is -3.93. The van der Waals surface area contributed by atoms with E-state index in [0.29, 0.717) is 31.0 Å². The van der Waals surface area contributed by atoms with Crippen molar-refractivity contribution in [1.82, 2.24) is 30.2 Å². The van der Waals surface area contributed by atoms with Crippen LogP contribution in [0.3, 0.4) is 0 Å². The van der Waals surface area contributed by atoms with Gasteiger partial charge in [-0.05, 0) is 77.3 Å². The zero-order chi connectivity index (χ0) is 33.3. The molecule has 1 aliphatic carbocycles. The number of alkyl carbamates (subject to hydrolysis) is 1. The molecule has 1 aliphatic heterocycles. The number of carbonyl (C=O) groups excluding carboxylic acids is 4. The summed E-state index contributed by atoms with van der Waals surface area (Å²) in [6.07, 6.45) is 7.27. The van der Waals surface area contributed by atoms with E-state index >= 15 is 0 Å². The van der Waals surface area contributed by atoms with E-state index in [0.717, 1.165) is 57.2 Å². The summed E-state index contributed by atoms with van der Waals surface area (Å²) in [4.78, 5) is 57.1. The summed E-state index contributed by atoms with van der Waals surface area (Å²) in [7, 11) is 2.02. The second-order valence-electron chi connectivity index (χ2n) is 13.5. The third-order valence-electron chi connectivity index (χ3n) is 8.65. The molecule has 12 heteroatoms. The van der Waals surface area contributed by atoms with Gasteiger partial charge in [0.2, 0.25) is 11.8 Å². The molecule has 2 heterocycles. The number of anilines is 1. The molecule has 12 nitrogen and oxygen atoms in total. The maximum absolute atomic E-state index is 13.7. The zero-order valence-electron chi connectivity index (χ0n) is 28.0. The van der Waals surface area contributed by atoms with E-state index in [2.05, 4.69) is 25.9 Å². The molecule has 2 aliphatic rings. The highest BCUT2D eigenvalue weighted by Gasteiger charge is 2.32. The smallest absolute Gasteiger partial charge is 0.408 e. The molecule has 0 spiro atoms. The molecule has 1 saturated heterocycles. The molecule has 0 bridgehead atoms. The van der Waals surface area contributed by atoms with Crippen LogP contribution in [0.25, 0.3) is 0 Å². The molecular weight excluding hydrogens is 586 g/mol. The minimum absolute atomic E-state index is 0.0315. The van der Waals surface area contributed by atoms with Crippen LogP contribution in [-0.2, 0) is 27.3 Å². The molecule has 4 rings (SSSR count). The largest absolute Gasteiger partial charge is 0.444 e. The van der Waals surface area contributed by atoms with Crippen LogP contribution in [0, 0.1) is 5.92 Å². The number of nitrogens with zero attached hydrogens (tertiary/aromatic N) is 4. The van der Waals surface area contributed by atoms with Crippen molar-refractivity contribution in [1.29, 1.82) is 0 Å². The van der Waals surface area contributed by atoms with Crippen LogP contribution < -0.4 is 16.0 Å². The van der Waals surface area contributed by atoms with Crippen LogP contribution in [-0.4, -0.2) is 94.3 Å². The Morgan fingerprint density at radius 2 is 1.59 bits per heavy atom. The van der Waals surface area contributed by atoms with Gasteiger partial charge < -0.3 is 30.5 Å². The molecule has 1 saturated carbocycles. The first kappa shape index (κ1) is 34.9. The van der Waals surface area contributed by atoms with Gasteiger partial charge in [-0.25, -0.2) is 4.79 Å². The predicted octanol–water partition coefficient (Wildman–Crippen LogP) is 3.82. The number of aromatic nitrogens is 2. The number of likely N-dealkylation sites (N-methyl/N-ethyl adjacent to an activating group) is 1. The number of carbonyl (C=O) groups is 4. The summed E-state index contributed by atoms with van der Waals surface area (Å²) in [6, 6.07) is 7.44. The summed E-state index contributed by atoms with van der Waals surface area (Å²) in [6.45, 7) is 10.5. The number of benzene rings is 1. The fourth-order valence-corrected chi connectivity index (χ4v) is 6.11. The minimum Gasteiger partial charge on any atom is -0.444 e. The number of nitrogens with one attached hydrogen (secondary N) is 3. The van der Waals surface area contributed by atoms with Gasteiger partial charge in [0.15, 0.2) is 0 Å². The molecule has 0 unspecified atom stereocenters. The summed E-state index contributed by atoms with van der Waals surface area (Å²) < 4.78 is 7.08. The third-order valence-corrected chi connectivity index (χ3v) is 8.65. The first-order valence-corrected chi connectivity index (χ1v) is 16.6. The summed E-state index contributed by atoms with van der Waals surface area (Å²) in [5.41, 5.74) is 1.14. The van der Waals surface area contributed by atoms with Crippen molar-refractivity contribution < 1.29 is 23.9 Å². The van der Waals surface area contributed by atoms with E-state index in [4.69, 9.17) is 4.74 Å². The lowest BCUT2D eigenvalue weighted by Crippen LogP contribution is -2.55. The average Bonchev–Trinajstić information content (AvgIpc) is 3.34. The Bertz CT molecular complexity index is 1320. The van der Waals surface area contributed by atoms with Gasteiger partial charge in [-0.1, -0.05) is 37.8 Å². The lowest BCUT2D eigenvalue weighted by atomic mass is 9.91. The van der Waals surface area contributed by atoms with Crippen molar-refractivity contribution >= 4 is 29.5 Å². The van der Waals surface area contributed by atoms with Crippen LogP contribution >= 0.6 is 0 Å². The first-order valence-electron chi connectivity index (χ1n) is 16.6. The van der Waals surface area contributed by atoms with E-state index in [1.54, 1.807) is 54.7 Å².